The van der Waals surface area contributed by atoms with Crippen molar-refractivity contribution < 1.29 is 19.0 Å². The molecule has 7 nitrogen and oxygen atoms in total. The van der Waals surface area contributed by atoms with Gasteiger partial charge in [-0.1, -0.05) is 24.3 Å². The molecule has 0 saturated carbocycles. The maximum atomic E-state index is 12.6. The third-order valence-corrected chi connectivity index (χ3v) is 4.97. The molecule has 3 aromatic carbocycles. The van der Waals surface area contributed by atoms with E-state index in [0.717, 1.165) is 28.2 Å². The summed E-state index contributed by atoms with van der Waals surface area (Å²) in [6.45, 7) is 0.424. The van der Waals surface area contributed by atoms with Gasteiger partial charge in [0.15, 0.2) is 0 Å². The average Bonchev–Trinajstić information content (AvgIpc) is 2.88. The highest BCUT2D eigenvalue weighted by Gasteiger charge is 2.09. The molecule has 0 saturated heterocycles. The summed E-state index contributed by atoms with van der Waals surface area (Å²) in [7, 11) is 3.23. The zero-order chi connectivity index (χ0) is 23.0. The minimum Gasteiger partial charge on any atom is -0.497 e. The fourth-order valence-electron chi connectivity index (χ4n) is 3.13. The number of ether oxygens (including phenoxy) is 3. The van der Waals surface area contributed by atoms with E-state index in [2.05, 4.69) is 15.3 Å². The zero-order valence-corrected chi connectivity index (χ0v) is 18.3. The average molecular weight is 441 g/mol. The first-order chi connectivity index (χ1) is 16.1. The highest BCUT2D eigenvalue weighted by molar-refractivity contribution is 5.95. The van der Waals surface area contributed by atoms with Crippen molar-refractivity contribution in [1.29, 1.82) is 0 Å². The molecule has 0 aliphatic rings. The van der Waals surface area contributed by atoms with Crippen molar-refractivity contribution in [1.82, 2.24) is 15.3 Å². The lowest BCUT2D eigenvalue weighted by molar-refractivity contribution is 0.0951. The van der Waals surface area contributed by atoms with E-state index in [4.69, 9.17) is 14.2 Å². The number of hydrogen-bond acceptors (Lipinski definition) is 6. The van der Waals surface area contributed by atoms with Gasteiger partial charge in [0.2, 0.25) is 0 Å². The molecule has 0 atom stereocenters. The Morgan fingerprint density at radius 2 is 1.39 bits per heavy atom. The maximum absolute atomic E-state index is 12.6. The predicted molar refractivity (Wildman–Crippen MR) is 125 cm³/mol. The van der Waals surface area contributed by atoms with E-state index in [1.54, 1.807) is 56.9 Å². The van der Waals surface area contributed by atoms with Crippen molar-refractivity contribution >= 4 is 5.91 Å². The first-order valence-electron chi connectivity index (χ1n) is 10.3. The van der Waals surface area contributed by atoms with E-state index >= 15 is 0 Å². The van der Waals surface area contributed by atoms with Crippen molar-refractivity contribution in [3.63, 3.8) is 0 Å². The number of carbonyl (C=O) groups is 1. The summed E-state index contributed by atoms with van der Waals surface area (Å²) in [5, 5.41) is 2.94. The van der Waals surface area contributed by atoms with Gasteiger partial charge in [0.25, 0.3) is 5.91 Å². The first-order valence-corrected chi connectivity index (χ1v) is 10.3. The van der Waals surface area contributed by atoms with Crippen molar-refractivity contribution in [2.45, 2.75) is 6.54 Å². The molecule has 0 unspecified atom stereocenters. The molecule has 1 heterocycles. The van der Waals surface area contributed by atoms with Crippen molar-refractivity contribution in [3.8, 4) is 34.4 Å². The molecule has 1 N–H and O–H groups in total. The Bertz CT molecular complexity index is 1210. The van der Waals surface area contributed by atoms with Gasteiger partial charge in [-0.3, -0.25) is 4.79 Å². The Labute approximate surface area is 192 Å². The third kappa shape index (κ3) is 5.65. The third-order valence-electron chi connectivity index (χ3n) is 4.97. The lowest BCUT2D eigenvalue weighted by Gasteiger charge is -2.09. The predicted octanol–water partition coefficient (Wildman–Crippen LogP) is 4.88. The van der Waals surface area contributed by atoms with Gasteiger partial charge in [0.1, 0.15) is 17.2 Å². The van der Waals surface area contributed by atoms with Gasteiger partial charge in [0, 0.05) is 30.1 Å². The number of amides is 1. The Kier molecular flexibility index (Phi) is 6.80. The number of benzene rings is 3. The van der Waals surface area contributed by atoms with Crippen LogP contribution in [-0.2, 0) is 6.54 Å². The van der Waals surface area contributed by atoms with Crippen LogP contribution in [0.1, 0.15) is 15.9 Å². The number of hydrogen-bond donors (Lipinski definition) is 1. The van der Waals surface area contributed by atoms with Crippen LogP contribution in [0, 0.1) is 0 Å². The summed E-state index contributed by atoms with van der Waals surface area (Å²) in [6.07, 6.45) is 3.33. The minimum atomic E-state index is -0.159. The van der Waals surface area contributed by atoms with Gasteiger partial charge >= 0.3 is 6.01 Å². The lowest BCUT2D eigenvalue weighted by Crippen LogP contribution is -2.22. The molecular formula is C26H23N3O4. The summed E-state index contributed by atoms with van der Waals surface area (Å²) in [6, 6.07) is 22.3. The smallest absolute Gasteiger partial charge is 0.321 e. The number of aromatic nitrogens is 2. The maximum Gasteiger partial charge on any atom is 0.321 e. The Balaban J connectivity index is 1.40. The molecule has 4 rings (SSSR count). The molecule has 33 heavy (non-hydrogen) atoms. The SMILES string of the molecule is COc1ccc(CNC(=O)c2cccc(-c3cnc(Oc4ccc(OC)cc4)nc3)c2)cc1. The topological polar surface area (TPSA) is 82.6 Å². The quantitative estimate of drug-likeness (QED) is 0.420. The van der Waals surface area contributed by atoms with Crippen LogP contribution in [0.5, 0.6) is 23.3 Å². The monoisotopic (exact) mass is 441 g/mol. The second kappa shape index (κ2) is 10.3. The van der Waals surface area contributed by atoms with Crippen molar-refractivity contribution in [2.75, 3.05) is 14.2 Å². The van der Waals surface area contributed by atoms with Gasteiger partial charge in [0.05, 0.1) is 14.2 Å². The van der Waals surface area contributed by atoms with Crippen LogP contribution in [-0.4, -0.2) is 30.1 Å². The van der Waals surface area contributed by atoms with Crippen LogP contribution in [0.25, 0.3) is 11.1 Å². The molecule has 4 aromatic rings. The highest BCUT2D eigenvalue weighted by atomic mass is 16.5. The van der Waals surface area contributed by atoms with E-state index in [1.807, 2.05) is 42.5 Å². The van der Waals surface area contributed by atoms with Gasteiger partial charge in [-0.2, -0.15) is 0 Å². The van der Waals surface area contributed by atoms with Crippen molar-refractivity contribution in [3.05, 3.63) is 96.3 Å². The van der Waals surface area contributed by atoms with Gasteiger partial charge in [-0.05, 0) is 59.7 Å². The number of nitrogens with one attached hydrogen (secondary N) is 1. The fraction of sp³-hybridized carbons (Fsp3) is 0.115. The molecule has 166 valence electrons. The van der Waals surface area contributed by atoms with Crippen LogP contribution in [0.4, 0.5) is 0 Å². The summed E-state index contributed by atoms with van der Waals surface area (Å²) in [5.41, 5.74) is 3.16. The number of nitrogens with zero attached hydrogens (tertiary/aromatic N) is 2. The summed E-state index contributed by atoms with van der Waals surface area (Å²) < 4.78 is 16.0. The Morgan fingerprint density at radius 3 is 2.03 bits per heavy atom. The molecule has 7 heteroatoms. The van der Waals surface area contributed by atoms with Gasteiger partial charge < -0.3 is 19.5 Å². The fourth-order valence-corrected chi connectivity index (χ4v) is 3.13. The van der Waals surface area contributed by atoms with E-state index in [9.17, 15) is 4.79 Å². The van der Waals surface area contributed by atoms with Gasteiger partial charge in [-0.25, -0.2) is 9.97 Å². The number of carbonyl (C=O) groups excluding carboxylic acids is 1. The molecule has 0 aliphatic heterocycles. The molecule has 1 amide bonds. The van der Waals surface area contributed by atoms with E-state index in [1.165, 1.54) is 0 Å². The number of rotatable bonds is 8. The molecular weight excluding hydrogens is 418 g/mol. The van der Waals surface area contributed by atoms with Gasteiger partial charge in [-0.15, -0.1) is 0 Å². The van der Waals surface area contributed by atoms with Crippen molar-refractivity contribution in [2.24, 2.45) is 0 Å². The molecule has 0 radical (unpaired) electrons. The molecule has 0 aliphatic carbocycles. The Hall–Kier alpha value is -4.39. The largest absolute Gasteiger partial charge is 0.497 e. The highest BCUT2D eigenvalue weighted by Crippen LogP contribution is 2.24. The van der Waals surface area contributed by atoms with E-state index < -0.39 is 0 Å². The van der Waals surface area contributed by atoms with Crippen LogP contribution >= 0.6 is 0 Å². The normalized spacial score (nSPS) is 10.4. The molecule has 1 aromatic heterocycles. The first kappa shape index (κ1) is 21.8. The standard InChI is InChI=1S/C26H23N3O4/c1-31-22-8-6-18(7-9-22)15-27-25(30)20-5-3-4-19(14-20)21-16-28-26(29-17-21)33-24-12-10-23(32-2)11-13-24/h3-14,16-17H,15H2,1-2H3,(H,27,30). The molecule has 0 bridgehead atoms. The summed E-state index contributed by atoms with van der Waals surface area (Å²) >= 11 is 0. The second-order valence-electron chi connectivity index (χ2n) is 7.14. The second-order valence-corrected chi connectivity index (χ2v) is 7.14. The number of methoxy groups -OCH3 is 2. The molecule has 0 spiro atoms. The van der Waals surface area contributed by atoms with Crippen LogP contribution < -0.4 is 19.5 Å². The van der Waals surface area contributed by atoms with Crippen LogP contribution in [0.3, 0.4) is 0 Å². The van der Waals surface area contributed by atoms with Crippen LogP contribution in [0.15, 0.2) is 85.2 Å². The minimum absolute atomic E-state index is 0.159. The van der Waals surface area contributed by atoms with E-state index in [0.29, 0.717) is 17.9 Å². The summed E-state index contributed by atoms with van der Waals surface area (Å²) in [5.74, 6) is 1.97. The zero-order valence-electron chi connectivity index (χ0n) is 18.3. The lowest BCUT2D eigenvalue weighted by atomic mass is 10.1. The van der Waals surface area contributed by atoms with Crippen LogP contribution in [0.2, 0.25) is 0 Å². The molecule has 0 fully saturated rings. The van der Waals surface area contributed by atoms with E-state index in [-0.39, 0.29) is 11.9 Å². The summed E-state index contributed by atoms with van der Waals surface area (Å²) in [4.78, 5) is 21.2. The Morgan fingerprint density at radius 1 is 0.788 bits per heavy atom.